The molecule has 0 unspecified atom stereocenters. The van der Waals surface area contributed by atoms with Crippen molar-refractivity contribution in [3.63, 3.8) is 0 Å². The van der Waals surface area contributed by atoms with Gasteiger partial charge in [-0.25, -0.2) is 4.98 Å². The third-order valence-corrected chi connectivity index (χ3v) is 1.89. The minimum absolute atomic E-state index is 0.0198. The number of nitrogens with zero attached hydrogens (tertiary/aromatic N) is 3. The number of carbonyl (C=O) groups is 1. The maximum absolute atomic E-state index is 11.1. The molecule has 16 heavy (non-hydrogen) atoms. The van der Waals surface area contributed by atoms with Crippen LogP contribution in [-0.4, -0.2) is 21.1 Å². The maximum Gasteiger partial charge on any atom is 0.273 e. The summed E-state index contributed by atoms with van der Waals surface area (Å²) in [6, 6.07) is 9.29. The molecule has 0 atom stereocenters. The highest BCUT2D eigenvalue weighted by atomic mass is 16.1. The van der Waals surface area contributed by atoms with Gasteiger partial charge in [0.05, 0.1) is 0 Å². The third kappa shape index (κ3) is 2.11. The van der Waals surface area contributed by atoms with Gasteiger partial charge in [-0.2, -0.15) is 0 Å². The van der Waals surface area contributed by atoms with Crippen molar-refractivity contribution in [2.24, 2.45) is 5.73 Å². The van der Waals surface area contributed by atoms with Gasteiger partial charge in [-0.15, -0.1) is 10.2 Å². The number of para-hydroxylation sites is 1. The van der Waals surface area contributed by atoms with Crippen LogP contribution in [0.2, 0.25) is 0 Å². The summed E-state index contributed by atoms with van der Waals surface area (Å²) in [5.74, 6) is -0.368. The second-order valence-corrected chi connectivity index (χ2v) is 3.01. The molecule has 0 radical (unpaired) electrons. The van der Waals surface area contributed by atoms with Crippen molar-refractivity contribution >= 4 is 17.4 Å². The zero-order valence-electron chi connectivity index (χ0n) is 8.29. The molecule has 6 nitrogen and oxygen atoms in total. The van der Waals surface area contributed by atoms with Crippen molar-refractivity contribution in [1.82, 2.24) is 15.2 Å². The molecule has 0 fully saturated rings. The number of nitrogens with two attached hydrogens (primary N) is 1. The Bertz CT molecular complexity index is 500. The second-order valence-electron chi connectivity index (χ2n) is 3.01. The number of aromatic nitrogens is 3. The molecule has 1 amide bonds. The number of anilines is 2. The van der Waals surface area contributed by atoms with Crippen molar-refractivity contribution in [1.29, 1.82) is 0 Å². The topological polar surface area (TPSA) is 93.8 Å². The van der Waals surface area contributed by atoms with Gasteiger partial charge in [-0.1, -0.05) is 18.2 Å². The average Bonchev–Trinajstić information content (AvgIpc) is 2.31. The summed E-state index contributed by atoms with van der Waals surface area (Å²) >= 11 is 0. The highest BCUT2D eigenvalue weighted by Crippen LogP contribution is 2.14. The van der Waals surface area contributed by atoms with E-state index in [0.717, 1.165) is 5.69 Å². The molecule has 80 valence electrons. The molecule has 1 heterocycles. The monoisotopic (exact) mass is 215 g/mol. The van der Waals surface area contributed by atoms with E-state index in [2.05, 4.69) is 20.5 Å². The second kappa shape index (κ2) is 4.35. The lowest BCUT2D eigenvalue weighted by Gasteiger charge is -2.06. The van der Waals surface area contributed by atoms with Crippen LogP contribution in [0.25, 0.3) is 0 Å². The summed E-state index contributed by atoms with van der Waals surface area (Å²) < 4.78 is 0. The first-order valence-corrected chi connectivity index (χ1v) is 4.57. The number of primary amides is 1. The predicted octanol–water partition coefficient (Wildman–Crippen LogP) is 0.714. The smallest absolute Gasteiger partial charge is 0.273 e. The fraction of sp³-hybridized carbons (Fsp3) is 0. The van der Waals surface area contributed by atoms with Crippen LogP contribution in [0, 0.1) is 0 Å². The summed E-state index contributed by atoms with van der Waals surface area (Å²) in [6.07, 6.45) is 1.25. The number of hydrogen-bond acceptors (Lipinski definition) is 5. The van der Waals surface area contributed by atoms with Crippen LogP contribution in [0.3, 0.4) is 0 Å². The van der Waals surface area contributed by atoms with E-state index in [1.165, 1.54) is 6.33 Å². The van der Waals surface area contributed by atoms with Crippen molar-refractivity contribution in [2.75, 3.05) is 5.32 Å². The molecule has 0 saturated heterocycles. The van der Waals surface area contributed by atoms with Crippen LogP contribution in [0.5, 0.6) is 0 Å². The van der Waals surface area contributed by atoms with Crippen LogP contribution < -0.4 is 11.1 Å². The maximum atomic E-state index is 11.1. The number of rotatable bonds is 3. The number of benzene rings is 1. The Morgan fingerprint density at radius 3 is 2.69 bits per heavy atom. The molecule has 1 aromatic carbocycles. The van der Waals surface area contributed by atoms with E-state index in [4.69, 9.17) is 5.73 Å². The van der Waals surface area contributed by atoms with Gasteiger partial charge in [-0.3, -0.25) is 4.79 Å². The van der Waals surface area contributed by atoms with Gasteiger partial charge in [0.25, 0.3) is 5.91 Å². The number of amides is 1. The summed E-state index contributed by atoms with van der Waals surface area (Å²) in [6.45, 7) is 0. The fourth-order valence-electron chi connectivity index (χ4n) is 1.19. The molecule has 0 spiro atoms. The first-order chi connectivity index (χ1) is 7.77. The van der Waals surface area contributed by atoms with Crippen LogP contribution >= 0.6 is 0 Å². The molecular weight excluding hydrogens is 206 g/mol. The predicted molar refractivity (Wildman–Crippen MR) is 58.1 cm³/mol. The Labute approximate surface area is 91.5 Å². The SMILES string of the molecule is NC(=O)c1nncnc1Nc1ccccc1. The van der Waals surface area contributed by atoms with Gasteiger partial charge >= 0.3 is 0 Å². The Balaban J connectivity index is 2.31. The number of hydrogen-bond donors (Lipinski definition) is 2. The van der Waals surface area contributed by atoms with Crippen LogP contribution in [0.4, 0.5) is 11.5 Å². The van der Waals surface area contributed by atoms with Gasteiger partial charge in [0, 0.05) is 5.69 Å². The zero-order chi connectivity index (χ0) is 11.4. The van der Waals surface area contributed by atoms with Crippen LogP contribution in [-0.2, 0) is 0 Å². The Morgan fingerprint density at radius 2 is 2.00 bits per heavy atom. The van der Waals surface area contributed by atoms with Gasteiger partial charge in [-0.05, 0) is 12.1 Å². The van der Waals surface area contributed by atoms with E-state index >= 15 is 0 Å². The lowest BCUT2D eigenvalue weighted by atomic mass is 10.3. The van der Waals surface area contributed by atoms with E-state index in [0.29, 0.717) is 5.82 Å². The minimum atomic E-state index is -0.668. The number of nitrogens with one attached hydrogen (secondary N) is 1. The molecule has 0 bridgehead atoms. The molecule has 0 saturated carbocycles. The molecule has 1 aromatic heterocycles. The van der Waals surface area contributed by atoms with Crippen molar-refractivity contribution < 1.29 is 4.79 Å². The molecule has 0 aliphatic heterocycles. The molecule has 0 aliphatic carbocycles. The summed E-state index contributed by atoms with van der Waals surface area (Å²) in [7, 11) is 0. The van der Waals surface area contributed by atoms with Gasteiger partial charge < -0.3 is 11.1 Å². The van der Waals surface area contributed by atoms with Crippen molar-refractivity contribution in [3.05, 3.63) is 42.4 Å². The normalized spacial score (nSPS) is 9.75. The van der Waals surface area contributed by atoms with E-state index in [1.807, 2.05) is 30.3 Å². The third-order valence-electron chi connectivity index (χ3n) is 1.89. The fourth-order valence-corrected chi connectivity index (χ4v) is 1.19. The molecule has 2 rings (SSSR count). The Morgan fingerprint density at radius 1 is 1.25 bits per heavy atom. The van der Waals surface area contributed by atoms with Crippen LogP contribution in [0.15, 0.2) is 36.7 Å². The van der Waals surface area contributed by atoms with Gasteiger partial charge in [0.15, 0.2) is 11.5 Å². The standard InChI is InChI=1S/C10H9N5O/c11-9(16)8-10(12-6-13-15-8)14-7-4-2-1-3-5-7/h1-6H,(H2,11,16)(H,12,13,14). The summed E-state index contributed by atoms with van der Waals surface area (Å²) in [4.78, 5) is 15.0. The van der Waals surface area contributed by atoms with Crippen molar-refractivity contribution in [3.8, 4) is 0 Å². The van der Waals surface area contributed by atoms with E-state index < -0.39 is 5.91 Å². The lowest BCUT2D eigenvalue weighted by molar-refractivity contribution is 0.0995. The van der Waals surface area contributed by atoms with E-state index in [-0.39, 0.29) is 5.69 Å². The zero-order valence-corrected chi connectivity index (χ0v) is 8.29. The van der Waals surface area contributed by atoms with E-state index in [9.17, 15) is 4.79 Å². The van der Waals surface area contributed by atoms with Crippen molar-refractivity contribution in [2.45, 2.75) is 0 Å². The molecule has 0 aliphatic rings. The largest absolute Gasteiger partial charge is 0.364 e. The molecular formula is C10H9N5O. The first-order valence-electron chi connectivity index (χ1n) is 4.57. The quantitative estimate of drug-likeness (QED) is 0.786. The highest BCUT2D eigenvalue weighted by molar-refractivity contribution is 5.95. The minimum Gasteiger partial charge on any atom is -0.364 e. The molecule has 2 aromatic rings. The Hall–Kier alpha value is -2.50. The van der Waals surface area contributed by atoms with Gasteiger partial charge in [0.2, 0.25) is 0 Å². The number of carbonyl (C=O) groups excluding carboxylic acids is 1. The lowest BCUT2D eigenvalue weighted by Crippen LogP contribution is -2.17. The van der Waals surface area contributed by atoms with Crippen LogP contribution in [0.1, 0.15) is 10.5 Å². The van der Waals surface area contributed by atoms with Gasteiger partial charge in [0.1, 0.15) is 6.33 Å². The Kier molecular flexibility index (Phi) is 2.73. The van der Waals surface area contributed by atoms with E-state index in [1.54, 1.807) is 0 Å². The summed E-state index contributed by atoms with van der Waals surface area (Å²) in [5.41, 5.74) is 5.96. The highest BCUT2D eigenvalue weighted by Gasteiger charge is 2.11. The molecule has 6 heteroatoms. The molecule has 3 N–H and O–H groups in total. The average molecular weight is 215 g/mol. The summed E-state index contributed by atoms with van der Waals surface area (Å²) in [5, 5.41) is 10.1. The first kappa shape index (κ1) is 10.0.